The minimum absolute atomic E-state index is 0.275. The minimum atomic E-state index is -0.275. The number of hydrogen-bond donors (Lipinski definition) is 1. The van der Waals surface area contributed by atoms with Gasteiger partial charge in [-0.3, -0.25) is 10.1 Å². The van der Waals surface area contributed by atoms with Gasteiger partial charge in [-0.2, -0.15) is 0 Å². The van der Waals surface area contributed by atoms with Gasteiger partial charge in [-0.05, 0) is 30.2 Å². The molecule has 4 rings (SSSR count). The van der Waals surface area contributed by atoms with Crippen LogP contribution in [-0.2, 0) is 5.75 Å². The quantitative estimate of drug-likeness (QED) is 0.256. The number of nitrogens with one attached hydrogen (secondary N) is 1. The fourth-order valence-corrected chi connectivity index (χ4v) is 6.09. The Balaban J connectivity index is 1.46. The van der Waals surface area contributed by atoms with E-state index in [1.54, 1.807) is 0 Å². The summed E-state index contributed by atoms with van der Waals surface area (Å²) in [5.74, 6) is 0.409. The van der Waals surface area contributed by atoms with Crippen LogP contribution in [0.3, 0.4) is 0 Å². The Morgan fingerprint density at radius 2 is 1.96 bits per heavy atom. The molecular weight excluding hydrogens is 453 g/mol. The monoisotopic (exact) mass is 465 g/mol. The van der Waals surface area contributed by atoms with E-state index in [-0.39, 0.29) is 5.91 Å². The summed E-state index contributed by atoms with van der Waals surface area (Å²) in [7, 11) is 0. The number of amides is 1. The zero-order chi connectivity index (χ0) is 19.7. The normalized spacial score (nSPS) is 11.1. The molecule has 1 amide bonds. The average molecular weight is 466 g/mol. The highest BCUT2D eigenvalue weighted by Crippen LogP contribution is 2.37. The molecule has 28 heavy (non-hydrogen) atoms. The molecule has 0 saturated heterocycles. The lowest BCUT2D eigenvalue weighted by Crippen LogP contribution is -2.10. The third-order valence-electron chi connectivity index (χ3n) is 3.93. The van der Waals surface area contributed by atoms with Crippen molar-refractivity contribution in [2.24, 2.45) is 0 Å². The lowest BCUT2D eigenvalue weighted by molar-refractivity contribution is 0.103. The predicted molar refractivity (Wildman–Crippen MR) is 120 cm³/mol. The van der Waals surface area contributed by atoms with Crippen molar-refractivity contribution in [3.63, 3.8) is 0 Å². The lowest BCUT2D eigenvalue weighted by Gasteiger charge is -2.00. The zero-order valence-electron chi connectivity index (χ0n) is 14.5. The van der Waals surface area contributed by atoms with E-state index in [4.69, 9.17) is 23.2 Å². The Morgan fingerprint density at radius 1 is 1.14 bits per heavy atom. The fourth-order valence-electron chi connectivity index (χ4n) is 2.55. The molecule has 0 saturated carbocycles. The van der Waals surface area contributed by atoms with Gasteiger partial charge in [0.1, 0.15) is 4.88 Å². The second-order valence-corrected chi connectivity index (χ2v) is 9.99. The number of carbonyl (C=O) groups is 1. The molecule has 0 unspecified atom stereocenters. The number of nitrogens with zero attached hydrogens (tertiary/aromatic N) is 2. The number of aromatic nitrogens is 2. The van der Waals surface area contributed by atoms with Gasteiger partial charge in [-0.25, -0.2) is 0 Å². The maximum Gasteiger partial charge on any atom is 0.269 e. The molecule has 2 aromatic carbocycles. The Hall–Kier alpha value is -1.64. The van der Waals surface area contributed by atoms with Crippen LogP contribution in [0.2, 0.25) is 10.0 Å². The number of anilines is 1. The van der Waals surface area contributed by atoms with E-state index in [2.05, 4.69) is 15.5 Å². The molecule has 4 aromatic rings. The number of thiophene rings is 1. The van der Waals surface area contributed by atoms with Crippen LogP contribution in [0.25, 0.3) is 10.1 Å². The van der Waals surface area contributed by atoms with Crippen molar-refractivity contribution in [2.45, 2.75) is 17.0 Å². The number of fused-ring (bicyclic) bond motifs is 1. The summed E-state index contributed by atoms with van der Waals surface area (Å²) in [4.78, 5) is 13.1. The van der Waals surface area contributed by atoms with E-state index < -0.39 is 0 Å². The van der Waals surface area contributed by atoms with E-state index >= 15 is 0 Å². The first-order chi connectivity index (χ1) is 13.5. The largest absolute Gasteiger partial charge is 0.296 e. The highest BCUT2D eigenvalue weighted by atomic mass is 35.5. The Bertz CT molecular complexity index is 1170. The molecule has 0 aliphatic heterocycles. The molecule has 2 heterocycles. The van der Waals surface area contributed by atoms with Crippen molar-refractivity contribution >= 4 is 78.8 Å². The topological polar surface area (TPSA) is 54.9 Å². The van der Waals surface area contributed by atoms with E-state index in [0.29, 0.717) is 20.8 Å². The molecule has 9 heteroatoms. The number of carbonyl (C=O) groups excluding carboxylic acids is 1. The molecule has 0 aliphatic carbocycles. The van der Waals surface area contributed by atoms with Crippen molar-refractivity contribution in [3.8, 4) is 0 Å². The maximum atomic E-state index is 12.7. The van der Waals surface area contributed by atoms with Crippen LogP contribution >= 0.6 is 57.6 Å². The average Bonchev–Trinajstić information content (AvgIpc) is 3.25. The van der Waals surface area contributed by atoms with Crippen molar-refractivity contribution in [1.29, 1.82) is 0 Å². The smallest absolute Gasteiger partial charge is 0.269 e. The van der Waals surface area contributed by atoms with Gasteiger partial charge in [0, 0.05) is 20.9 Å². The van der Waals surface area contributed by atoms with E-state index in [9.17, 15) is 4.79 Å². The van der Waals surface area contributed by atoms with Crippen molar-refractivity contribution < 1.29 is 4.79 Å². The molecule has 142 valence electrons. The number of halogens is 2. The van der Waals surface area contributed by atoms with Crippen LogP contribution in [0, 0.1) is 6.92 Å². The maximum absolute atomic E-state index is 12.7. The van der Waals surface area contributed by atoms with Gasteiger partial charge in [0.15, 0.2) is 4.34 Å². The molecule has 0 aliphatic rings. The van der Waals surface area contributed by atoms with Crippen molar-refractivity contribution in [2.75, 3.05) is 5.32 Å². The third-order valence-corrected chi connectivity index (χ3v) is 7.97. The van der Waals surface area contributed by atoms with Gasteiger partial charge in [0.2, 0.25) is 5.13 Å². The zero-order valence-corrected chi connectivity index (χ0v) is 18.5. The summed E-state index contributed by atoms with van der Waals surface area (Å²) in [5.41, 5.74) is 2.16. The van der Waals surface area contributed by atoms with Gasteiger partial charge in [0.05, 0.1) is 5.02 Å². The number of hydrogen-bond acceptors (Lipinski definition) is 6. The van der Waals surface area contributed by atoms with E-state index in [1.807, 2.05) is 49.4 Å². The van der Waals surface area contributed by atoms with E-state index in [0.717, 1.165) is 30.6 Å². The number of aryl methyl sites for hydroxylation is 1. The molecule has 0 spiro atoms. The summed E-state index contributed by atoms with van der Waals surface area (Å²) >= 11 is 16.8. The van der Waals surface area contributed by atoms with Crippen LogP contribution in [0.15, 0.2) is 46.8 Å². The van der Waals surface area contributed by atoms with Gasteiger partial charge in [-0.15, -0.1) is 21.5 Å². The minimum Gasteiger partial charge on any atom is -0.296 e. The third kappa shape index (κ3) is 4.18. The highest BCUT2D eigenvalue weighted by molar-refractivity contribution is 8.00. The molecule has 0 radical (unpaired) electrons. The molecule has 4 nitrogen and oxygen atoms in total. The molecule has 0 atom stereocenters. The van der Waals surface area contributed by atoms with Gasteiger partial charge >= 0.3 is 0 Å². The standard InChI is InChI=1S/C19H13Cl2N3OS3/c1-10-6-7-12-14(8-10)27-16(15(12)21)17(25)22-18-23-24-19(28-18)26-9-11-4-2-3-5-13(11)20/h2-8H,9H2,1H3,(H,22,23,25). The van der Waals surface area contributed by atoms with Crippen LogP contribution in [-0.4, -0.2) is 16.1 Å². The Kier molecular flexibility index (Phi) is 5.89. The fraction of sp³-hybridized carbons (Fsp3) is 0.105. The molecule has 0 bridgehead atoms. The van der Waals surface area contributed by atoms with E-state index in [1.165, 1.54) is 34.4 Å². The first-order valence-electron chi connectivity index (χ1n) is 8.21. The highest BCUT2D eigenvalue weighted by Gasteiger charge is 2.19. The number of rotatable bonds is 5. The van der Waals surface area contributed by atoms with Gasteiger partial charge in [0.25, 0.3) is 5.91 Å². The second kappa shape index (κ2) is 8.39. The Labute approximate surface area is 183 Å². The summed E-state index contributed by atoms with van der Waals surface area (Å²) in [5, 5.41) is 13.5. The SMILES string of the molecule is Cc1ccc2c(Cl)c(C(=O)Nc3nnc(SCc4ccccc4Cl)s3)sc2c1. The van der Waals surface area contributed by atoms with Gasteiger partial charge in [-0.1, -0.05) is 76.6 Å². The van der Waals surface area contributed by atoms with Crippen molar-refractivity contribution in [3.05, 3.63) is 68.5 Å². The van der Waals surface area contributed by atoms with Crippen LogP contribution in [0.4, 0.5) is 5.13 Å². The molecule has 1 N–H and O–H groups in total. The predicted octanol–water partition coefficient (Wildman–Crippen LogP) is 6.91. The first-order valence-corrected chi connectivity index (χ1v) is 11.6. The number of benzene rings is 2. The second-order valence-electron chi connectivity index (χ2n) is 5.95. The van der Waals surface area contributed by atoms with Gasteiger partial charge < -0.3 is 0 Å². The Morgan fingerprint density at radius 3 is 2.79 bits per heavy atom. The van der Waals surface area contributed by atoms with Crippen LogP contribution < -0.4 is 5.32 Å². The number of thioether (sulfide) groups is 1. The lowest BCUT2D eigenvalue weighted by atomic mass is 10.2. The summed E-state index contributed by atoms with van der Waals surface area (Å²) in [6.45, 7) is 2.01. The van der Waals surface area contributed by atoms with Crippen LogP contribution in [0.5, 0.6) is 0 Å². The summed E-state index contributed by atoms with van der Waals surface area (Å²) in [6.07, 6.45) is 0. The molecule has 2 aromatic heterocycles. The molecule has 0 fully saturated rings. The summed E-state index contributed by atoms with van der Waals surface area (Å²) < 4.78 is 1.75. The van der Waals surface area contributed by atoms with Crippen molar-refractivity contribution in [1.82, 2.24) is 10.2 Å². The van der Waals surface area contributed by atoms with Crippen LogP contribution in [0.1, 0.15) is 20.8 Å². The molecular formula is C19H13Cl2N3OS3. The summed E-state index contributed by atoms with van der Waals surface area (Å²) in [6, 6.07) is 13.6. The first kappa shape index (κ1) is 19.7.